The van der Waals surface area contributed by atoms with Crippen LogP contribution in [0.15, 0.2) is 24.3 Å². The molecule has 7 nitrogen and oxygen atoms in total. The van der Waals surface area contributed by atoms with Crippen molar-refractivity contribution in [2.75, 3.05) is 25.4 Å². The van der Waals surface area contributed by atoms with Gasteiger partial charge in [-0.2, -0.15) is 5.10 Å². The summed E-state index contributed by atoms with van der Waals surface area (Å²) in [6.45, 7) is 6.37. The molecule has 2 fully saturated rings. The van der Waals surface area contributed by atoms with E-state index >= 15 is 0 Å². The predicted octanol–water partition coefficient (Wildman–Crippen LogP) is 2.96. The molecule has 1 aromatic heterocycles. The molecule has 1 spiro atoms. The van der Waals surface area contributed by atoms with Crippen LogP contribution in [0, 0.1) is 17.3 Å². The third kappa shape index (κ3) is 4.00. The fourth-order valence-electron chi connectivity index (χ4n) is 4.86. The molecule has 0 unspecified atom stereocenters. The highest BCUT2D eigenvalue weighted by Gasteiger charge is 2.50. The van der Waals surface area contributed by atoms with E-state index < -0.39 is 0 Å². The first-order valence-electron chi connectivity index (χ1n) is 11.0. The van der Waals surface area contributed by atoms with E-state index in [0.717, 1.165) is 61.3 Å². The van der Waals surface area contributed by atoms with Crippen molar-refractivity contribution in [3.05, 3.63) is 29.8 Å². The minimum atomic E-state index is -0.0690. The highest BCUT2D eigenvalue weighted by Crippen LogP contribution is 2.54. The molecule has 4 N–H and O–H groups in total. The van der Waals surface area contributed by atoms with Gasteiger partial charge >= 0.3 is 0 Å². The number of nitrogens with zero attached hydrogens (tertiary/aromatic N) is 3. The summed E-state index contributed by atoms with van der Waals surface area (Å²) in [6.07, 6.45) is 3.92. The van der Waals surface area contributed by atoms with Crippen LogP contribution in [0.2, 0.25) is 0 Å². The van der Waals surface area contributed by atoms with Gasteiger partial charge in [-0.05, 0) is 68.2 Å². The number of nitrogen functional groups attached to an aromatic ring is 1. The zero-order chi connectivity index (χ0) is 22.0. The number of likely N-dealkylation sites (tertiary alicyclic amines) is 1. The highest BCUT2D eigenvalue weighted by molar-refractivity contribution is 5.93. The molecule has 1 aliphatic carbocycles. The van der Waals surface area contributed by atoms with Gasteiger partial charge in [0.25, 0.3) is 5.91 Å². The number of nitrogens with two attached hydrogens (primary N) is 2. The van der Waals surface area contributed by atoms with E-state index in [1.807, 2.05) is 33.8 Å². The van der Waals surface area contributed by atoms with Crippen LogP contribution in [-0.4, -0.2) is 40.3 Å². The second kappa shape index (κ2) is 8.64. The van der Waals surface area contributed by atoms with Crippen LogP contribution >= 0.6 is 0 Å². The average molecular weight is 422 g/mol. The van der Waals surface area contributed by atoms with Crippen molar-refractivity contribution in [3.8, 4) is 28.8 Å². The lowest BCUT2D eigenvalue weighted by atomic mass is 9.65. The number of ether oxygens (including phenoxy) is 1. The van der Waals surface area contributed by atoms with Gasteiger partial charge in [0.2, 0.25) is 0 Å². The van der Waals surface area contributed by atoms with Gasteiger partial charge < -0.3 is 21.1 Å². The number of aromatic nitrogens is 2. The molecule has 31 heavy (non-hydrogen) atoms. The molecule has 1 saturated heterocycles. The Labute approximate surface area is 183 Å². The van der Waals surface area contributed by atoms with Crippen LogP contribution in [0.3, 0.4) is 0 Å². The van der Waals surface area contributed by atoms with E-state index in [4.69, 9.17) is 21.3 Å². The lowest BCUT2D eigenvalue weighted by Gasteiger charge is -2.45. The Morgan fingerprint density at radius 1 is 1.32 bits per heavy atom. The number of amides is 1. The quantitative estimate of drug-likeness (QED) is 0.699. The van der Waals surface area contributed by atoms with Gasteiger partial charge in [-0.15, -0.1) is 0 Å². The number of benzene rings is 1. The molecule has 164 valence electrons. The maximum Gasteiger partial charge on any atom is 0.298 e. The second-order valence-corrected chi connectivity index (χ2v) is 8.65. The molecule has 4 rings (SSSR count). The molecule has 1 saturated carbocycles. The predicted molar refractivity (Wildman–Crippen MR) is 121 cm³/mol. The number of carbonyl (C=O) groups is 1. The van der Waals surface area contributed by atoms with E-state index in [2.05, 4.69) is 18.8 Å². The fraction of sp³-hybridized carbons (Fsp3) is 0.500. The third-order valence-electron chi connectivity index (χ3n) is 6.49. The van der Waals surface area contributed by atoms with Crippen LogP contribution in [0.1, 0.15) is 51.1 Å². The molecule has 1 aliphatic heterocycles. The Kier molecular flexibility index (Phi) is 5.92. The average Bonchev–Trinajstić information content (AvgIpc) is 3.33. The molecule has 0 bridgehead atoms. The first-order valence-corrected chi connectivity index (χ1v) is 11.0. The smallest absolute Gasteiger partial charge is 0.298 e. The van der Waals surface area contributed by atoms with Crippen molar-refractivity contribution < 1.29 is 9.53 Å². The topological polar surface area (TPSA) is 99.4 Å². The summed E-state index contributed by atoms with van der Waals surface area (Å²) in [4.78, 5) is 14.0. The zero-order valence-corrected chi connectivity index (χ0v) is 18.4. The van der Waals surface area contributed by atoms with Crippen molar-refractivity contribution in [3.63, 3.8) is 0 Å². The summed E-state index contributed by atoms with van der Waals surface area (Å²) < 4.78 is 7.62. The number of anilines is 1. The molecule has 2 heterocycles. The molecule has 2 aliphatic rings. The summed E-state index contributed by atoms with van der Waals surface area (Å²) in [6, 6.07) is 8.17. The molecule has 0 radical (unpaired) electrons. The monoisotopic (exact) mass is 421 g/mol. The van der Waals surface area contributed by atoms with Crippen LogP contribution in [-0.2, 0) is 11.3 Å². The Hall–Kier alpha value is -2.98. The largest absolute Gasteiger partial charge is 0.494 e. The molecule has 1 amide bonds. The van der Waals surface area contributed by atoms with Crippen molar-refractivity contribution in [2.45, 2.75) is 52.1 Å². The standard InChI is InChI=1S/C24H31N5O2/c1-3-5-21(30)28-11-10-24(16-28)13-18(14-24)29-23(26)20(15-25)22(27-29)17-6-8-19(9-7-17)31-12-4-2/h6-9,18H,4,10-16,25-26H2,1-2H3/t18-,24+. The highest BCUT2D eigenvalue weighted by atomic mass is 16.5. The Balaban J connectivity index is 1.49. The summed E-state index contributed by atoms with van der Waals surface area (Å²) in [5.74, 6) is 6.78. The minimum Gasteiger partial charge on any atom is -0.494 e. The Morgan fingerprint density at radius 3 is 2.71 bits per heavy atom. The van der Waals surface area contributed by atoms with Crippen molar-refractivity contribution in [1.82, 2.24) is 14.7 Å². The lowest BCUT2D eigenvalue weighted by Crippen LogP contribution is -2.42. The third-order valence-corrected chi connectivity index (χ3v) is 6.49. The first-order chi connectivity index (χ1) is 15.0. The summed E-state index contributed by atoms with van der Waals surface area (Å²) >= 11 is 0. The molecule has 0 atom stereocenters. The first kappa shape index (κ1) is 21.3. The maximum atomic E-state index is 12.1. The van der Waals surface area contributed by atoms with Gasteiger partial charge in [0.05, 0.1) is 18.3 Å². The molecular weight excluding hydrogens is 390 g/mol. The van der Waals surface area contributed by atoms with Gasteiger partial charge in [0, 0.05) is 30.8 Å². The second-order valence-electron chi connectivity index (χ2n) is 8.65. The maximum absolute atomic E-state index is 12.1. The van der Waals surface area contributed by atoms with Gasteiger partial charge in [-0.1, -0.05) is 12.8 Å². The summed E-state index contributed by atoms with van der Waals surface area (Å²) in [5.41, 5.74) is 15.4. The van der Waals surface area contributed by atoms with Crippen LogP contribution in [0.5, 0.6) is 5.75 Å². The SMILES string of the molecule is CC#CC(=O)N1CC[C@]2(C1)C[C@@H](n1nc(-c3ccc(OCCC)cc3)c(CN)c1N)C2. The summed E-state index contributed by atoms with van der Waals surface area (Å²) in [5, 5.41) is 4.87. The van der Waals surface area contributed by atoms with Crippen LogP contribution in [0.4, 0.5) is 5.82 Å². The summed E-state index contributed by atoms with van der Waals surface area (Å²) in [7, 11) is 0. The van der Waals surface area contributed by atoms with Gasteiger partial charge in [-0.3, -0.25) is 4.79 Å². The van der Waals surface area contributed by atoms with Crippen LogP contribution < -0.4 is 16.2 Å². The Bertz CT molecular complexity index is 1010. The van der Waals surface area contributed by atoms with E-state index in [1.165, 1.54) is 0 Å². The number of hydrogen-bond acceptors (Lipinski definition) is 5. The number of rotatable bonds is 6. The zero-order valence-electron chi connectivity index (χ0n) is 18.4. The lowest BCUT2D eigenvalue weighted by molar-refractivity contribution is -0.125. The van der Waals surface area contributed by atoms with Gasteiger partial charge in [-0.25, -0.2) is 4.68 Å². The van der Waals surface area contributed by atoms with Gasteiger partial charge in [0.1, 0.15) is 11.6 Å². The molecule has 1 aromatic carbocycles. The normalized spacial score (nSPS) is 22.2. The fourth-order valence-corrected chi connectivity index (χ4v) is 4.86. The molecular formula is C24H31N5O2. The van der Waals surface area contributed by atoms with Crippen molar-refractivity contribution in [1.29, 1.82) is 0 Å². The van der Waals surface area contributed by atoms with Crippen LogP contribution in [0.25, 0.3) is 11.3 Å². The number of carbonyl (C=O) groups excluding carboxylic acids is 1. The minimum absolute atomic E-state index is 0.0690. The van der Waals surface area contributed by atoms with E-state index in [1.54, 1.807) is 6.92 Å². The van der Waals surface area contributed by atoms with Crippen molar-refractivity contribution in [2.24, 2.45) is 11.1 Å². The molecule has 7 heteroatoms. The number of hydrogen-bond donors (Lipinski definition) is 2. The van der Waals surface area contributed by atoms with Crippen molar-refractivity contribution >= 4 is 11.7 Å². The van der Waals surface area contributed by atoms with E-state index in [9.17, 15) is 4.79 Å². The molecule has 2 aromatic rings. The van der Waals surface area contributed by atoms with E-state index in [-0.39, 0.29) is 17.4 Å². The van der Waals surface area contributed by atoms with Gasteiger partial charge in [0.15, 0.2) is 0 Å². The Morgan fingerprint density at radius 2 is 2.06 bits per heavy atom. The van der Waals surface area contributed by atoms with E-state index in [0.29, 0.717) is 19.0 Å².